The van der Waals surface area contributed by atoms with Gasteiger partial charge in [-0.3, -0.25) is 14.3 Å². The molecule has 11 heteroatoms. The molecule has 1 saturated heterocycles. The second-order valence-corrected chi connectivity index (χ2v) is 14.0. The summed E-state index contributed by atoms with van der Waals surface area (Å²) in [5.41, 5.74) is 4.67. The van der Waals surface area contributed by atoms with Crippen molar-refractivity contribution in [3.8, 4) is 22.8 Å². The Labute approximate surface area is 293 Å². The van der Waals surface area contributed by atoms with Crippen LogP contribution in [0.1, 0.15) is 78.1 Å². The maximum atomic E-state index is 14.4. The number of ether oxygens (including phenoxy) is 1. The Morgan fingerprint density at radius 1 is 0.920 bits per heavy atom. The van der Waals surface area contributed by atoms with Crippen molar-refractivity contribution in [2.75, 3.05) is 19.6 Å². The van der Waals surface area contributed by atoms with E-state index in [1.807, 2.05) is 25.1 Å². The van der Waals surface area contributed by atoms with E-state index in [4.69, 9.17) is 4.74 Å². The maximum Gasteiger partial charge on any atom is 0.272 e. The number of halogens is 1. The molecule has 2 fully saturated rings. The number of rotatable bonds is 11. The van der Waals surface area contributed by atoms with Gasteiger partial charge >= 0.3 is 0 Å². The van der Waals surface area contributed by atoms with Crippen LogP contribution < -0.4 is 20.7 Å². The van der Waals surface area contributed by atoms with Crippen LogP contribution in [0.4, 0.5) is 4.39 Å². The van der Waals surface area contributed by atoms with Crippen molar-refractivity contribution in [3.05, 3.63) is 95.2 Å². The fraction of sp³-hybridized carbons (Fsp3) is 0.436. The number of aryl methyl sites for hydroxylation is 3. The van der Waals surface area contributed by atoms with E-state index in [1.165, 1.54) is 5.56 Å². The van der Waals surface area contributed by atoms with Crippen molar-refractivity contribution in [1.29, 1.82) is 0 Å². The summed E-state index contributed by atoms with van der Waals surface area (Å²) >= 11 is 0. The third kappa shape index (κ3) is 9.13. The van der Waals surface area contributed by atoms with Gasteiger partial charge in [-0.25, -0.2) is 9.37 Å². The molecule has 3 heterocycles. The molecule has 2 aromatic heterocycles. The summed E-state index contributed by atoms with van der Waals surface area (Å²) in [5, 5.41) is 13.9. The molecule has 2 amide bonds. The molecule has 0 bridgehead atoms. The molecule has 10 nitrogen and oxygen atoms in total. The number of amides is 2. The Hall–Kier alpha value is -4.61. The lowest BCUT2D eigenvalue weighted by Gasteiger charge is -2.36. The van der Waals surface area contributed by atoms with Crippen LogP contribution in [-0.2, 0) is 13.5 Å². The number of nitrogens with zero attached hydrogens (tertiary/aromatic N) is 4. The van der Waals surface area contributed by atoms with E-state index in [2.05, 4.69) is 69.0 Å². The fourth-order valence-corrected chi connectivity index (χ4v) is 7.13. The van der Waals surface area contributed by atoms with Crippen molar-refractivity contribution in [2.45, 2.75) is 83.5 Å². The van der Waals surface area contributed by atoms with Crippen LogP contribution in [0.15, 0.2) is 66.9 Å². The molecule has 1 aliphatic heterocycles. The van der Waals surface area contributed by atoms with Gasteiger partial charge in [-0.1, -0.05) is 36.4 Å². The molecule has 0 unspecified atom stereocenters. The number of piperazine rings is 1. The van der Waals surface area contributed by atoms with Gasteiger partial charge in [0.2, 0.25) is 5.88 Å². The summed E-state index contributed by atoms with van der Waals surface area (Å²) in [6, 6.07) is 20.0. The molecule has 3 N–H and O–H groups in total. The minimum atomic E-state index is -0.620. The summed E-state index contributed by atoms with van der Waals surface area (Å²) in [4.78, 5) is 32.8. The summed E-state index contributed by atoms with van der Waals surface area (Å²) in [6.45, 7) is 9.63. The molecule has 0 radical (unpaired) electrons. The highest BCUT2D eigenvalue weighted by molar-refractivity contribution is 5.96. The van der Waals surface area contributed by atoms with Gasteiger partial charge in [0.05, 0.1) is 6.20 Å². The standard InChI is InChI=1S/C39H48FN7O3/c1-25-23-47(24-26(2)42-25)17-7-9-28-8-5-10-29(19-28)30-11-6-12-34(20-30)50-39-35(21-31(40)22-41-39)37(48)43-32-13-15-33(16-14-32)44-38(49)36-18-27(3)46(4)45-36/h5-6,8,10-12,18-22,25-26,32-33,42H,7,9,13-17,23-24H2,1-4H3,(H,43,48)(H,44,49)/t25-,26+,32-,33-. The topological polar surface area (TPSA) is 113 Å². The summed E-state index contributed by atoms with van der Waals surface area (Å²) in [7, 11) is 1.80. The minimum absolute atomic E-state index is 0.00849. The lowest BCUT2D eigenvalue weighted by molar-refractivity contribution is 0.0887. The van der Waals surface area contributed by atoms with Crippen molar-refractivity contribution < 1.29 is 18.7 Å². The van der Waals surface area contributed by atoms with Gasteiger partial charge in [0, 0.05) is 50.0 Å². The quantitative estimate of drug-likeness (QED) is 0.183. The first-order valence-electron chi connectivity index (χ1n) is 17.7. The monoisotopic (exact) mass is 681 g/mol. The van der Waals surface area contributed by atoms with Crippen LogP contribution in [0, 0.1) is 12.7 Å². The zero-order valence-corrected chi connectivity index (χ0v) is 29.4. The molecule has 4 aromatic rings. The predicted molar refractivity (Wildman–Crippen MR) is 192 cm³/mol. The van der Waals surface area contributed by atoms with E-state index in [0.717, 1.165) is 61.6 Å². The van der Waals surface area contributed by atoms with Crippen LogP contribution >= 0.6 is 0 Å². The lowest BCUT2D eigenvalue weighted by atomic mass is 9.91. The van der Waals surface area contributed by atoms with Crippen molar-refractivity contribution >= 4 is 11.8 Å². The number of hydrogen-bond acceptors (Lipinski definition) is 7. The number of nitrogens with one attached hydrogen (secondary N) is 3. The number of benzene rings is 2. The van der Waals surface area contributed by atoms with Gasteiger partial charge in [-0.05, 0) is 107 Å². The lowest BCUT2D eigenvalue weighted by Crippen LogP contribution is -2.54. The van der Waals surface area contributed by atoms with Crippen LogP contribution in [0.25, 0.3) is 11.1 Å². The second-order valence-electron chi connectivity index (χ2n) is 14.0. The minimum Gasteiger partial charge on any atom is -0.438 e. The number of hydrogen-bond donors (Lipinski definition) is 3. The Bertz CT molecular complexity index is 1770. The zero-order valence-electron chi connectivity index (χ0n) is 29.4. The van der Waals surface area contributed by atoms with Crippen molar-refractivity contribution in [2.24, 2.45) is 7.05 Å². The van der Waals surface area contributed by atoms with Crippen LogP contribution in [0.2, 0.25) is 0 Å². The molecular formula is C39H48FN7O3. The Kier molecular flexibility index (Phi) is 11.2. The third-order valence-electron chi connectivity index (χ3n) is 9.69. The van der Waals surface area contributed by atoms with E-state index in [0.29, 0.717) is 49.2 Å². The van der Waals surface area contributed by atoms with E-state index >= 15 is 0 Å². The summed E-state index contributed by atoms with van der Waals surface area (Å²) in [5.74, 6) is -0.723. The van der Waals surface area contributed by atoms with Crippen LogP contribution in [-0.4, -0.2) is 75.3 Å². The number of pyridine rings is 1. The van der Waals surface area contributed by atoms with Crippen molar-refractivity contribution in [3.63, 3.8) is 0 Å². The molecule has 1 saturated carbocycles. The molecule has 264 valence electrons. The average Bonchev–Trinajstić information content (AvgIpc) is 3.44. The molecule has 2 aliphatic rings. The van der Waals surface area contributed by atoms with Gasteiger partial charge in [0.1, 0.15) is 22.8 Å². The Morgan fingerprint density at radius 3 is 2.26 bits per heavy atom. The maximum absolute atomic E-state index is 14.4. The average molecular weight is 682 g/mol. The predicted octanol–water partition coefficient (Wildman–Crippen LogP) is 5.81. The first-order chi connectivity index (χ1) is 24.1. The molecule has 6 rings (SSSR count). The van der Waals surface area contributed by atoms with E-state index in [9.17, 15) is 14.0 Å². The fourth-order valence-electron chi connectivity index (χ4n) is 7.13. The zero-order chi connectivity index (χ0) is 35.2. The third-order valence-corrected chi connectivity index (χ3v) is 9.69. The molecular weight excluding hydrogens is 633 g/mol. The largest absolute Gasteiger partial charge is 0.438 e. The highest BCUT2D eigenvalue weighted by atomic mass is 19.1. The van der Waals surface area contributed by atoms with E-state index in [-0.39, 0.29) is 29.4 Å². The molecule has 2 aromatic carbocycles. The molecule has 0 spiro atoms. The highest BCUT2D eigenvalue weighted by Gasteiger charge is 2.27. The Morgan fingerprint density at radius 2 is 1.58 bits per heavy atom. The van der Waals surface area contributed by atoms with Crippen LogP contribution in [0.5, 0.6) is 11.6 Å². The first kappa shape index (κ1) is 35.2. The second kappa shape index (κ2) is 15.9. The number of aromatic nitrogens is 3. The number of carbonyl (C=O) groups excluding carboxylic acids is 2. The Balaban J connectivity index is 1.04. The molecule has 50 heavy (non-hydrogen) atoms. The summed E-state index contributed by atoms with van der Waals surface area (Å²) in [6.07, 6.45) is 5.90. The van der Waals surface area contributed by atoms with Gasteiger partial charge < -0.3 is 25.6 Å². The summed E-state index contributed by atoms with van der Waals surface area (Å²) < 4.78 is 22.2. The van der Waals surface area contributed by atoms with Gasteiger partial charge in [-0.2, -0.15) is 5.10 Å². The van der Waals surface area contributed by atoms with Crippen molar-refractivity contribution in [1.82, 2.24) is 35.6 Å². The van der Waals surface area contributed by atoms with Gasteiger partial charge in [-0.15, -0.1) is 0 Å². The van der Waals surface area contributed by atoms with Crippen LogP contribution in [0.3, 0.4) is 0 Å². The molecule has 1 aliphatic carbocycles. The normalized spacial score (nSPS) is 21.1. The SMILES string of the molecule is Cc1cc(C(=O)N[C@H]2CC[C@H](NC(=O)c3cc(F)cnc3Oc3cccc(-c4cccc(CCCN5C[C@@H](C)N[C@@H](C)C5)c4)c3)CC2)nn1C. The van der Waals surface area contributed by atoms with Gasteiger partial charge in [0.15, 0.2) is 0 Å². The van der Waals surface area contributed by atoms with E-state index < -0.39 is 11.7 Å². The van der Waals surface area contributed by atoms with Gasteiger partial charge in [0.25, 0.3) is 11.8 Å². The molecule has 2 atom stereocenters. The van der Waals surface area contributed by atoms with E-state index in [1.54, 1.807) is 23.9 Å². The first-order valence-corrected chi connectivity index (χ1v) is 17.7. The smallest absolute Gasteiger partial charge is 0.272 e. The highest BCUT2D eigenvalue weighted by Crippen LogP contribution is 2.30. The number of carbonyl (C=O) groups is 2.